The van der Waals surface area contributed by atoms with Crippen molar-refractivity contribution in [1.82, 2.24) is 19.2 Å². The van der Waals surface area contributed by atoms with E-state index >= 15 is 0 Å². The second kappa shape index (κ2) is 9.65. The predicted octanol–water partition coefficient (Wildman–Crippen LogP) is 1.29. The van der Waals surface area contributed by atoms with Crippen LogP contribution in [0.15, 0.2) is 12.3 Å². The molecule has 2 atom stereocenters. The van der Waals surface area contributed by atoms with Gasteiger partial charge in [-0.15, -0.1) is 0 Å². The third-order valence-electron chi connectivity index (χ3n) is 5.45. The number of amides is 1. The first-order valence-corrected chi connectivity index (χ1v) is 11.1. The maximum atomic E-state index is 11.8. The fraction of sp³-hybridized carbons (Fsp3) is 0.579. The van der Waals surface area contributed by atoms with E-state index in [2.05, 4.69) is 29.9 Å². The van der Waals surface area contributed by atoms with Crippen molar-refractivity contribution in [3.8, 4) is 0 Å². The number of anilines is 3. The first kappa shape index (κ1) is 20.9. The van der Waals surface area contributed by atoms with Gasteiger partial charge in [-0.1, -0.05) is 12.8 Å². The molecule has 6 N–H and O–H groups in total. The maximum absolute atomic E-state index is 11.8. The zero-order chi connectivity index (χ0) is 20.9. The highest BCUT2D eigenvalue weighted by Crippen LogP contribution is 2.26. The van der Waals surface area contributed by atoms with Crippen LogP contribution in [-0.4, -0.2) is 63.5 Å². The second-order valence-electron chi connectivity index (χ2n) is 7.71. The molecule has 1 saturated carbocycles. The molecule has 2 aromatic rings. The van der Waals surface area contributed by atoms with Gasteiger partial charge in [0.05, 0.1) is 25.1 Å². The van der Waals surface area contributed by atoms with Crippen molar-refractivity contribution < 1.29 is 9.53 Å². The van der Waals surface area contributed by atoms with E-state index in [0.717, 1.165) is 69.2 Å². The molecule has 1 saturated heterocycles. The molecule has 2 fully saturated rings. The van der Waals surface area contributed by atoms with Gasteiger partial charge in [0.2, 0.25) is 0 Å². The quantitative estimate of drug-likeness (QED) is 0.508. The Morgan fingerprint density at radius 1 is 1.30 bits per heavy atom. The van der Waals surface area contributed by atoms with Gasteiger partial charge in [0.1, 0.15) is 10.8 Å². The van der Waals surface area contributed by atoms with E-state index in [1.165, 1.54) is 17.7 Å². The Hall–Kier alpha value is -2.34. The van der Waals surface area contributed by atoms with Gasteiger partial charge in [-0.25, -0.2) is 9.97 Å². The van der Waals surface area contributed by atoms with Gasteiger partial charge in [-0.2, -0.15) is 4.37 Å². The number of morpholine rings is 1. The van der Waals surface area contributed by atoms with Crippen LogP contribution in [0.25, 0.3) is 0 Å². The lowest BCUT2D eigenvalue weighted by Crippen LogP contribution is -2.42. The van der Waals surface area contributed by atoms with Crippen LogP contribution < -0.4 is 22.1 Å². The minimum atomic E-state index is -0.635. The molecule has 11 heteroatoms. The molecule has 30 heavy (non-hydrogen) atoms. The Kier molecular flexibility index (Phi) is 6.72. The molecular formula is C19H28N8O2S. The van der Waals surface area contributed by atoms with Gasteiger partial charge in [0, 0.05) is 31.7 Å². The summed E-state index contributed by atoms with van der Waals surface area (Å²) in [6.07, 6.45) is 5.79. The van der Waals surface area contributed by atoms with E-state index in [-0.39, 0.29) is 17.8 Å². The molecule has 4 rings (SSSR count). The van der Waals surface area contributed by atoms with Crippen LogP contribution in [0, 0.1) is 0 Å². The van der Waals surface area contributed by atoms with Gasteiger partial charge >= 0.3 is 0 Å². The van der Waals surface area contributed by atoms with E-state index in [4.69, 9.17) is 16.2 Å². The minimum absolute atomic E-state index is 0.0806. The molecule has 3 heterocycles. The number of nitrogens with one attached hydrogen (secondary N) is 2. The number of nitrogens with zero attached hydrogens (tertiary/aromatic N) is 4. The lowest BCUT2D eigenvalue weighted by atomic mass is 9.91. The van der Waals surface area contributed by atoms with Gasteiger partial charge < -0.3 is 26.8 Å². The number of aromatic nitrogens is 3. The van der Waals surface area contributed by atoms with Crippen LogP contribution in [0.1, 0.15) is 41.9 Å². The molecule has 0 unspecified atom stereocenters. The van der Waals surface area contributed by atoms with Crippen molar-refractivity contribution in [2.45, 2.75) is 44.3 Å². The van der Waals surface area contributed by atoms with Crippen LogP contribution in [-0.2, 0) is 11.3 Å². The van der Waals surface area contributed by atoms with E-state index in [9.17, 15) is 4.79 Å². The van der Waals surface area contributed by atoms with E-state index in [1.807, 2.05) is 6.07 Å². The number of carbonyl (C=O) groups excluding carboxylic acids is 1. The first-order valence-electron chi connectivity index (χ1n) is 10.3. The van der Waals surface area contributed by atoms with Crippen molar-refractivity contribution >= 4 is 34.1 Å². The zero-order valence-electron chi connectivity index (χ0n) is 16.8. The van der Waals surface area contributed by atoms with Gasteiger partial charge in [0.15, 0.2) is 11.5 Å². The summed E-state index contributed by atoms with van der Waals surface area (Å²) in [5.74, 6) is 0.255. The molecule has 0 bridgehead atoms. The summed E-state index contributed by atoms with van der Waals surface area (Å²) in [6, 6.07) is 2.19. The molecule has 0 radical (unpaired) electrons. The summed E-state index contributed by atoms with van der Waals surface area (Å²) in [5, 5.41) is 7.31. The van der Waals surface area contributed by atoms with Gasteiger partial charge in [-0.05, 0) is 30.4 Å². The van der Waals surface area contributed by atoms with Crippen molar-refractivity contribution in [3.05, 3.63) is 23.7 Å². The minimum Gasteiger partial charge on any atom is -0.379 e. The zero-order valence-corrected chi connectivity index (χ0v) is 17.7. The Morgan fingerprint density at radius 2 is 2.10 bits per heavy atom. The van der Waals surface area contributed by atoms with Crippen molar-refractivity contribution in [2.75, 3.05) is 36.9 Å². The lowest BCUT2D eigenvalue weighted by molar-refractivity contribution is 0.0338. The molecule has 2 aromatic heterocycles. The summed E-state index contributed by atoms with van der Waals surface area (Å²) in [6.45, 7) is 4.05. The molecule has 1 aliphatic carbocycles. The van der Waals surface area contributed by atoms with E-state index < -0.39 is 5.91 Å². The highest BCUT2D eigenvalue weighted by molar-refractivity contribution is 7.10. The Labute approximate surface area is 179 Å². The maximum Gasteiger partial charge on any atom is 0.271 e. The first-order chi connectivity index (χ1) is 14.6. The standard InChI is InChI=1S/C19H28N8O2S/c20-13-3-1-2-4-14(13)23-15-10-22-17(18(21)28)19(24-15)25-16-9-12(26-30-16)11-27-5-7-29-8-6-27/h9-10,13-14H,1-8,11,20H2,(H2,21,28)(H2,23,24,25)/t13-,14+/m0/s1. The van der Waals surface area contributed by atoms with Crippen molar-refractivity contribution in [1.29, 1.82) is 0 Å². The fourth-order valence-electron chi connectivity index (χ4n) is 3.81. The van der Waals surface area contributed by atoms with Crippen LogP contribution in [0.3, 0.4) is 0 Å². The normalized spacial score (nSPS) is 22.6. The summed E-state index contributed by atoms with van der Waals surface area (Å²) in [5.41, 5.74) is 12.8. The van der Waals surface area contributed by atoms with Crippen LogP contribution >= 0.6 is 11.5 Å². The summed E-state index contributed by atoms with van der Waals surface area (Å²) in [7, 11) is 0. The summed E-state index contributed by atoms with van der Waals surface area (Å²) < 4.78 is 9.89. The van der Waals surface area contributed by atoms with E-state index in [0.29, 0.717) is 11.6 Å². The van der Waals surface area contributed by atoms with Crippen LogP contribution in [0.2, 0.25) is 0 Å². The summed E-state index contributed by atoms with van der Waals surface area (Å²) >= 11 is 1.32. The molecule has 10 nitrogen and oxygen atoms in total. The molecule has 0 aromatic carbocycles. The van der Waals surface area contributed by atoms with Gasteiger partial charge in [-0.3, -0.25) is 9.69 Å². The fourth-order valence-corrected chi connectivity index (χ4v) is 4.46. The van der Waals surface area contributed by atoms with Crippen molar-refractivity contribution in [2.24, 2.45) is 11.5 Å². The molecular weight excluding hydrogens is 404 g/mol. The Bertz CT molecular complexity index is 870. The molecule has 2 aliphatic rings. The number of hydrogen-bond acceptors (Lipinski definition) is 10. The SMILES string of the molecule is NC(=O)c1ncc(N[C@@H]2CCCC[C@@H]2N)nc1Nc1cc(CN2CCOCC2)ns1. The highest BCUT2D eigenvalue weighted by atomic mass is 32.1. The average Bonchev–Trinajstić information content (AvgIpc) is 3.17. The predicted molar refractivity (Wildman–Crippen MR) is 116 cm³/mol. The Balaban J connectivity index is 1.47. The summed E-state index contributed by atoms with van der Waals surface area (Å²) in [4.78, 5) is 22.9. The number of ether oxygens (including phenoxy) is 1. The number of hydrogen-bond donors (Lipinski definition) is 4. The van der Waals surface area contributed by atoms with Crippen molar-refractivity contribution in [3.63, 3.8) is 0 Å². The molecule has 1 aliphatic heterocycles. The smallest absolute Gasteiger partial charge is 0.271 e. The third-order valence-corrected chi connectivity index (χ3v) is 6.19. The third kappa shape index (κ3) is 5.22. The second-order valence-corrected chi connectivity index (χ2v) is 8.52. The topological polar surface area (TPSA) is 144 Å². The monoisotopic (exact) mass is 432 g/mol. The number of carbonyl (C=O) groups is 1. The van der Waals surface area contributed by atoms with Crippen LogP contribution in [0.4, 0.5) is 16.6 Å². The van der Waals surface area contributed by atoms with Crippen LogP contribution in [0.5, 0.6) is 0 Å². The lowest BCUT2D eigenvalue weighted by Gasteiger charge is -2.29. The number of rotatable bonds is 7. The Morgan fingerprint density at radius 3 is 2.87 bits per heavy atom. The average molecular weight is 433 g/mol. The highest BCUT2D eigenvalue weighted by Gasteiger charge is 2.23. The number of primary amides is 1. The van der Waals surface area contributed by atoms with Gasteiger partial charge in [0.25, 0.3) is 5.91 Å². The molecule has 162 valence electrons. The molecule has 1 amide bonds. The number of nitrogens with two attached hydrogens (primary N) is 2. The molecule has 0 spiro atoms. The van der Waals surface area contributed by atoms with E-state index in [1.54, 1.807) is 0 Å². The largest absolute Gasteiger partial charge is 0.379 e.